The first-order valence-corrected chi connectivity index (χ1v) is 6.11. The van der Waals surface area contributed by atoms with Crippen molar-refractivity contribution in [3.8, 4) is 0 Å². The van der Waals surface area contributed by atoms with E-state index in [1.54, 1.807) is 6.07 Å². The van der Waals surface area contributed by atoms with Gasteiger partial charge >= 0.3 is 0 Å². The van der Waals surface area contributed by atoms with E-state index in [0.717, 1.165) is 11.7 Å². The summed E-state index contributed by atoms with van der Waals surface area (Å²) in [7, 11) is 0. The van der Waals surface area contributed by atoms with Crippen molar-refractivity contribution < 1.29 is 0 Å². The van der Waals surface area contributed by atoms with Crippen molar-refractivity contribution in [3.63, 3.8) is 0 Å². The summed E-state index contributed by atoms with van der Waals surface area (Å²) in [5.74, 6) is 2.07. The number of rotatable bonds is 3. The van der Waals surface area contributed by atoms with Crippen LogP contribution in [0.2, 0.25) is 0 Å². The maximum atomic E-state index is 5.50. The lowest BCUT2D eigenvalue weighted by Gasteiger charge is -2.28. The minimum atomic E-state index is 0.468. The molecule has 88 valence electrons. The predicted octanol–water partition coefficient (Wildman–Crippen LogP) is 2.44. The van der Waals surface area contributed by atoms with Crippen LogP contribution in [-0.2, 0) is 0 Å². The first-order valence-electron chi connectivity index (χ1n) is 6.11. The van der Waals surface area contributed by atoms with E-state index in [4.69, 9.17) is 5.73 Å². The predicted molar refractivity (Wildman–Crippen MR) is 66.1 cm³/mol. The summed E-state index contributed by atoms with van der Waals surface area (Å²) in [4.78, 5) is 0. The maximum Gasteiger partial charge on any atom is 0.149 e. The molecule has 1 aliphatic carbocycles. The first kappa shape index (κ1) is 11.2. The van der Waals surface area contributed by atoms with Crippen LogP contribution in [0.25, 0.3) is 0 Å². The van der Waals surface area contributed by atoms with Gasteiger partial charge in [0.25, 0.3) is 0 Å². The molecule has 0 radical (unpaired) electrons. The number of nitrogens with zero attached hydrogens (tertiary/aromatic N) is 2. The van der Waals surface area contributed by atoms with Gasteiger partial charge in [0.05, 0.1) is 0 Å². The summed E-state index contributed by atoms with van der Waals surface area (Å²) >= 11 is 0. The molecular formula is C12H20N4. The van der Waals surface area contributed by atoms with Crippen molar-refractivity contribution >= 4 is 11.6 Å². The molecule has 4 heteroatoms. The number of anilines is 2. The van der Waals surface area contributed by atoms with Gasteiger partial charge in [-0.2, -0.15) is 0 Å². The molecule has 1 aliphatic rings. The van der Waals surface area contributed by atoms with Gasteiger partial charge < -0.3 is 11.1 Å². The van der Waals surface area contributed by atoms with E-state index >= 15 is 0 Å². The highest BCUT2D eigenvalue weighted by Gasteiger charge is 2.19. The van der Waals surface area contributed by atoms with E-state index in [1.807, 2.05) is 6.07 Å². The zero-order valence-corrected chi connectivity index (χ0v) is 9.82. The number of hydrogen-bond acceptors (Lipinski definition) is 4. The van der Waals surface area contributed by atoms with Crippen LogP contribution in [0.3, 0.4) is 0 Å². The summed E-state index contributed by atoms with van der Waals surface area (Å²) in [5.41, 5.74) is 5.50. The first-order chi connectivity index (χ1) is 7.75. The van der Waals surface area contributed by atoms with E-state index in [-0.39, 0.29) is 0 Å². The Bertz CT molecular complexity index is 316. The van der Waals surface area contributed by atoms with Crippen LogP contribution in [0.5, 0.6) is 0 Å². The molecule has 3 N–H and O–H groups in total. The van der Waals surface area contributed by atoms with Crippen LogP contribution in [-0.4, -0.2) is 16.2 Å². The van der Waals surface area contributed by atoms with E-state index in [0.29, 0.717) is 11.9 Å². The quantitative estimate of drug-likeness (QED) is 0.821. The Labute approximate surface area is 96.6 Å². The van der Waals surface area contributed by atoms with E-state index in [1.165, 1.54) is 32.1 Å². The van der Waals surface area contributed by atoms with Crippen molar-refractivity contribution in [2.24, 2.45) is 5.92 Å². The minimum absolute atomic E-state index is 0.468. The lowest BCUT2D eigenvalue weighted by Crippen LogP contribution is -2.28. The fraction of sp³-hybridized carbons (Fsp3) is 0.667. The van der Waals surface area contributed by atoms with E-state index in [9.17, 15) is 0 Å². The van der Waals surface area contributed by atoms with Gasteiger partial charge in [-0.05, 0) is 37.8 Å². The zero-order valence-electron chi connectivity index (χ0n) is 9.82. The Kier molecular flexibility index (Phi) is 3.59. The minimum Gasteiger partial charge on any atom is -0.382 e. The molecule has 0 amide bonds. The highest BCUT2D eigenvalue weighted by atomic mass is 15.2. The van der Waals surface area contributed by atoms with Gasteiger partial charge in [0.1, 0.15) is 11.6 Å². The van der Waals surface area contributed by atoms with Gasteiger partial charge in [-0.1, -0.05) is 19.3 Å². The molecule has 1 heterocycles. The second kappa shape index (κ2) is 5.14. The molecule has 1 saturated carbocycles. The van der Waals surface area contributed by atoms with Crippen LogP contribution in [0.15, 0.2) is 12.1 Å². The molecule has 1 aromatic rings. The lowest BCUT2D eigenvalue weighted by molar-refractivity contribution is 0.328. The number of nitrogen functional groups attached to an aromatic ring is 1. The smallest absolute Gasteiger partial charge is 0.149 e. The molecule has 0 saturated heterocycles. The van der Waals surface area contributed by atoms with Gasteiger partial charge in [0, 0.05) is 6.04 Å². The van der Waals surface area contributed by atoms with Crippen LogP contribution in [0.4, 0.5) is 11.6 Å². The highest BCUT2D eigenvalue weighted by Crippen LogP contribution is 2.27. The third-order valence-electron chi connectivity index (χ3n) is 3.42. The van der Waals surface area contributed by atoms with Crippen molar-refractivity contribution in [1.29, 1.82) is 0 Å². The number of hydrogen-bond donors (Lipinski definition) is 2. The van der Waals surface area contributed by atoms with Gasteiger partial charge in [-0.15, -0.1) is 10.2 Å². The monoisotopic (exact) mass is 220 g/mol. The molecule has 2 rings (SSSR count). The topological polar surface area (TPSA) is 63.8 Å². The average molecular weight is 220 g/mol. The molecule has 1 unspecified atom stereocenters. The number of nitrogens with two attached hydrogens (primary N) is 1. The van der Waals surface area contributed by atoms with Crippen molar-refractivity contribution in [2.45, 2.75) is 45.1 Å². The van der Waals surface area contributed by atoms with Crippen LogP contribution < -0.4 is 11.1 Å². The second-order valence-corrected chi connectivity index (χ2v) is 4.67. The molecule has 1 fully saturated rings. The third kappa shape index (κ3) is 2.84. The summed E-state index contributed by atoms with van der Waals surface area (Å²) in [6.07, 6.45) is 6.78. The van der Waals surface area contributed by atoms with Gasteiger partial charge in [0.15, 0.2) is 0 Å². The van der Waals surface area contributed by atoms with Crippen molar-refractivity contribution in [3.05, 3.63) is 12.1 Å². The molecule has 16 heavy (non-hydrogen) atoms. The molecule has 0 aliphatic heterocycles. The fourth-order valence-corrected chi connectivity index (χ4v) is 2.40. The Morgan fingerprint density at radius 2 is 2.00 bits per heavy atom. The molecule has 1 atom stereocenters. The SMILES string of the molecule is CC(Nc1ccc(N)nn1)C1CCCCC1. The summed E-state index contributed by atoms with van der Waals surface area (Å²) in [6.45, 7) is 2.23. The van der Waals surface area contributed by atoms with E-state index in [2.05, 4.69) is 22.4 Å². The average Bonchev–Trinajstić information content (AvgIpc) is 2.33. The summed E-state index contributed by atoms with van der Waals surface area (Å²) in [6, 6.07) is 4.14. The van der Waals surface area contributed by atoms with Crippen molar-refractivity contribution in [2.75, 3.05) is 11.1 Å². The largest absolute Gasteiger partial charge is 0.382 e. The van der Waals surface area contributed by atoms with Gasteiger partial charge in [-0.3, -0.25) is 0 Å². The van der Waals surface area contributed by atoms with Crippen LogP contribution in [0, 0.1) is 5.92 Å². The molecule has 0 aromatic carbocycles. The fourth-order valence-electron chi connectivity index (χ4n) is 2.40. The Balaban J connectivity index is 1.90. The summed E-state index contributed by atoms with van der Waals surface area (Å²) < 4.78 is 0. The van der Waals surface area contributed by atoms with Crippen molar-refractivity contribution in [1.82, 2.24) is 10.2 Å². The number of aromatic nitrogens is 2. The Morgan fingerprint density at radius 3 is 2.62 bits per heavy atom. The van der Waals surface area contributed by atoms with Crippen LogP contribution >= 0.6 is 0 Å². The van der Waals surface area contributed by atoms with Gasteiger partial charge in [0.2, 0.25) is 0 Å². The maximum absolute atomic E-state index is 5.50. The summed E-state index contributed by atoms with van der Waals surface area (Å²) in [5, 5.41) is 11.3. The Morgan fingerprint density at radius 1 is 1.25 bits per heavy atom. The number of nitrogens with one attached hydrogen (secondary N) is 1. The standard InChI is InChI=1S/C12H20N4/c1-9(10-5-3-2-4-6-10)14-12-8-7-11(13)15-16-12/h7-10H,2-6H2,1H3,(H2,13,15)(H,14,16). The second-order valence-electron chi connectivity index (χ2n) is 4.67. The molecular weight excluding hydrogens is 200 g/mol. The molecule has 0 spiro atoms. The molecule has 0 bridgehead atoms. The molecule has 4 nitrogen and oxygen atoms in total. The Hall–Kier alpha value is -1.32. The van der Waals surface area contributed by atoms with Gasteiger partial charge in [-0.25, -0.2) is 0 Å². The van der Waals surface area contributed by atoms with E-state index < -0.39 is 0 Å². The van der Waals surface area contributed by atoms with Crippen LogP contribution in [0.1, 0.15) is 39.0 Å². The highest BCUT2D eigenvalue weighted by molar-refractivity contribution is 5.39. The normalized spacial score (nSPS) is 19.3. The third-order valence-corrected chi connectivity index (χ3v) is 3.42. The molecule has 1 aromatic heterocycles. The zero-order chi connectivity index (χ0) is 11.4. The lowest BCUT2D eigenvalue weighted by atomic mass is 9.84.